The average Bonchev–Trinajstić information content (AvgIpc) is 2.61. The predicted molar refractivity (Wildman–Crippen MR) is 97.1 cm³/mol. The standard InChI is InChI=1S/C16H13ClFN5OS/c17-13-4-2-1-3-10(13)9-25-16-22-21-14(15(24)23(16)19)20-12-7-5-11(18)6-8-12/h1-8H,9,19H2,(H,20,21). The van der Waals surface area contributed by atoms with Crippen molar-refractivity contribution in [3.63, 3.8) is 0 Å². The Bertz CT molecular complexity index is 948. The van der Waals surface area contributed by atoms with Gasteiger partial charge in [0.2, 0.25) is 11.0 Å². The van der Waals surface area contributed by atoms with E-state index in [1.54, 1.807) is 6.07 Å². The molecule has 3 rings (SSSR count). The van der Waals surface area contributed by atoms with Crippen molar-refractivity contribution in [3.8, 4) is 0 Å². The lowest BCUT2D eigenvalue weighted by atomic mass is 10.2. The summed E-state index contributed by atoms with van der Waals surface area (Å²) in [5, 5.41) is 11.5. The van der Waals surface area contributed by atoms with Crippen LogP contribution in [0.2, 0.25) is 5.02 Å². The van der Waals surface area contributed by atoms with Gasteiger partial charge in [-0.05, 0) is 35.9 Å². The lowest BCUT2D eigenvalue weighted by Crippen LogP contribution is -2.32. The highest BCUT2D eigenvalue weighted by molar-refractivity contribution is 7.98. The molecular weight excluding hydrogens is 365 g/mol. The summed E-state index contributed by atoms with van der Waals surface area (Å²) in [6.07, 6.45) is 0. The molecule has 0 amide bonds. The Morgan fingerprint density at radius 2 is 1.88 bits per heavy atom. The van der Waals surface area contributed by atoms with Gasteiger partial charge in [-0.1, -0.05) is 41.6 Å². The van der Waals surface area contributed by atoms with Gasteiger partial charge in [-0.15, -0.1) is 10.2 Å². The Morgan fingerprint density at radius 1 is 1.16 bits per heavy atom. The van der Waals surface area contributed by atoms with Crippen LogP contribution in [-0.2, 0) is 5.75 Å². The van der Waals surface area contributed by atoms with Crippen LogP contribution in [0.5, 0.6) is 0 Å². The molecule has 0 radical (unpaired) electrons. The van der Waals surface area contributed by atoms with E-state index in [4.69, 9.17) is 17.4 Å². The van der Waals surface area contributed by atoms with E-state index >= 15 is 0 Å². The number of benzene rings is 2. The van der Waals surface area contributed by atoms with E-state index in [2.05, 4.69) is 15.5 Å². The lowest BCUT2D eigenvalue weighted by Gasteiger charge is -2.09. The molecule has 25 heavy (non-hydrogen) atoms. The van der Waals surface area contributed by atoms with E-state index in [0.717, 1.165) is 10.2 Å². The molecule has 0 saturated heterocycles. The Morgan fingerprint density at radius 3 is 2.60 bits per heavy atom. The Hall–Kier alpha value is -2.58. The van der Waals surface area contributed by atoms with Crippen molar-refractivity contribution in [2.45, 2.75) is 10.9 Å². The first-order valence-corrected chi connectivity index (χ1v) is 8.54. The van der Waals surface area contributed by atoms with E-state index in [1.165, 1.54) is 36.0 Å². The van der Waals surface area contributed by atoms with Gasteiger partial charge in [-0.2, -0.15) is 4.68 Å². The fourth-order valence-electron chi connectivity index (χ4n) is 1.99. The fourth-order valence-corrected chi connectivity index (χ4v) is 3.13. The number of halogens is 2. The highest BCUT2D eigenvalue weighted by Gasteiger charge is 2.12. The summed E-state index contributed by atoms with van der Waals surface area (Å²) < 4.78 is 13.8. The first kappa shape index (κ1) is 17.2. The van der Waals surface area contributed by atoms with Crippen molar-refractivity contribution in [3.05, 3.63) is 75.3 Å². The molecule has 1 aromatic heterocycles. The minimum absolute atomic E-state index is 0.0452. The van der Waals surface area contributed by atoms with Crippen LogP contribution in [0.25, 0.3) is 0 Å². The van der Waals surface area contributed by atoms with Gasteiger partial charge in [-0.25, -0.2) is 4.39 Å². The van der Waals surface area contributed by atoms with Crippen LogP contribution < -0.4 is 16.7 Å². The molecule has 0 unspecified atom stereocenters. The number of anilines is 2. The second-order valence-corrected chi connectivity index (χ2v) is 6.37. The minimum atomic E-state index is -0.541. The molecule has 6 nitrogen and oxygen atoms in total. The van der Waals surface area contributed by atoms with Crippen LogP contribution >= 0.6 is 23.4 Å². The van der Waals surface area contributed by atoms with Crippen LogP contribution in [0.15, 0.2) is 58.5 Å². The number of nitrogen functional groups attached to an aromatic ring is 1. The van der Waals surface area contributed by atoms with Gasteiger partial charge in [0.25, 0.3) is 0 Å². The van der Waals surface area contributed by atoms with E-state index < -0.39 is 5.56 Å². The highest BCUT2D eigenvalue weighted by atomic mass is 35.5. The summed E-state index contributed by atoms with van der Waals surface area (Å²) in [6, 6.07) is 12.9. The van der Waals surface area contributed by atoms with Crippen LogP contribution in [-0.4, -0.2) is 14.9 Å². The molecule has 0 saturated carbocycles. The Balaban J connectivity index is 1.77. The molecule has 0 spiro atoms. The number of hydrogen-bond acceptors (Lipinski definition) is 6. The van der Waals surface area contributed by atoms with Gasteiger partial charge in [0.1, 0.15) is 5.82 Å². The molecule has 0 aliphatic carbocycles. The van der Waals surface area contributed by atoms with Crippen molar-refractivity contribution in [2.24, 2.45) is 0 Å². The largest absolute Gasteiger partial charge is 0.334 e. The van der Waals surface area contributed by atoms with Crippen LogP contribution in [0.4, 0.5) is 15.9 Å². The Labute approximate surface area is 151 Å². The van der Waals surface area contributed by atoms with E-state index in [1.807, 2.05) is 18.2 Å². The summed E-state index contributed by atoms with van der Waals surface area (Å²) in [4.78, 5) is 12.3. The first-order chi connectivity index (χ1) is 12.0. The van der Waals surface area contributed by atoms with Gasteiger partial charge in [0, 0.05) is 16.5 Å². The molecule has 128 valence electrons. The van der Waals surface area contributed by atoms with Crippen molar-refractivity contribution >= 4 is 34.9 Å². The molecule has 2 aromatic carbocycles. The molecular formula is C16H13ClFN5OS. The zero-order chi connectivity index (χ0) is 17.8. The maximum atomic E-state index is 12.9. The quantitative estimate of drug-likeness (QED) is 0.524. The van der Waals surface area contributed by atoms with Gasteiger partial charge >= 0.3 is 5.56 Å². The number of hydrogen-bond donors (Lipinski definition) is 2. The second-order valence-electron chi connectivity index (χ2n) is 5.02. The summed E-state index contributed by atoms with van der Waals surface area (Å²) >= 11 is 7.35. The molecule has 0 aliphatic heterocycles. The van der Waals surface area contributed by atoms with E-state index in [-0.39, 0.29) is 16.8 Å². The molecule has 0 fully saturated rings. The van der Waals surface area contributed by atoms with Gasteiger partial charge in [0.05, 0.1) is 0 Å². The zero-order valence-electron chi connectivity index (χ0n) is 12.8. The maximum Gasteiger partial charge on any atom is 0.315 e. The lowest BCUT2D eigenvalue weighted by molar-refractivity contribution is 0.628. The highest BCUT2D eigenvalue weighted by Crippen LogP contribution is 2.24. The van der Waals surface area contributed by atoms with E-state index in [0.29, 0.717) is 16.5 Å². The summed E-state index contributed by atoms with van der Waals surface area (Å²) in [6.45, 7) is 0. The number of rotatable bonds is 5. The zero-order valence-corrected chi connectivity index (χ0v) is 14.4. The number of thioether (sulfide) groups is 1. The summed E-state index contributed by atoms with van der Waals surface area (Å²) in [7, 11) is 0. The third-order valence-electron chi connectivity index (χ3n) is 3.28. The van der Waals surface area contributed by atoms with Gasteiger partial charge in [-0.3, -0.25) is 4.79 Å². The number of nitrogens with two attached hydrogens (primary N) is 1. The average molecular weight is 378 g/mol. The van der Waals surface area contributed by atoms with Gasteiger partial charge < -0.3 is 11.2 Å². The van der Waals surface area contributed by atoms with Gasteiger partial charge in [0.15, 0.2) is 0 Å². The van der Waals surface area contributed by atoms with E-state index in [9.17, 15) is 9.18 Å². The molecule has 9 heteroatoms. The van der Waals surface area contributed by atoms with Crippen molar-refractivity contribution in [2.75, 3.05) is 11.2 Å². The molecule has 0 atom stereocenters. The SMILES string of the molecule is Nn1c(SCc2ccccc2Cl)nnc(Nc2ccc(F)cc2)c1=O. The first-order valence-electron chi connectivity index (χ1n) is 7.18. The predicted octanol–water partition coefficient (Wildman–Crippen LogP) is 3.18. The smallest absolute Gasteiger partial charge is 0.315 e. The number of nitrogens with zero attached hydrogens (tertiary/aromatic N) is 3. The van der Waals surface area contributed by atoms with Crippen LogP contribution in [0.3, 0.4) is 0 Å². The second kappa shape index (κ2) is 7.54. The number of aromatic nitrogens is 3. The maximum absolute atomic E-state index is 12.9. The monoisotopic (exact) mass is 377 g/mol. The molecule has 3 aromatic rings. The third kappa shape index (κ3) is 4.09. The topological polar surface area (TPSA) is 85.8 Å². The van der Waals surface area contributed by atoms with Crippen LogP contribution in [0, 0.1) is 5.82 Å². The van der Waals surface area contributed by atoms with Crippen molar-refractivity contribution in [1.29, 1.82) is 0 Å². The summed E-state index contributed by atoms with van der Waals surface area (Å²) in [5.41, 5.74) is 0.863. The normalized spacial score (nSPS) is 10.6. The van der Waals surface area contributed by atoms with Crippen molar-refractivity contribution < 1.29 is 4.39 Å². The van der Waals surface area contributed by atoms with Crippen molar-refractivity contribution in [1.82, 2.24) is 14.9 Å². The minimum Gasteiger partial charge on any atom is -0.334 e. The number of nitrogens with one attached hydrogen (secondary N) is 1. The molecule has 0 aliphatic rings. The molecule has 1 heterocycles. The Kier molecular flexibility index (Phi) is 5.20. The third-order valence-corrected chi connectivity index (χ3v) is 4.65. The molecule has 3 N–H and O–H groups in total. The van der Waals surface area contributed by atoms with Crippen LogP contribution in [0.1, 0.15) is 5.56 Å². The molecule has 0 bridgehead atoms. The fraction of sp³-hybridized carbons (Fsp3) is 0.0625. The summed E-state index contributed by atoms with van der Waals surface area (Å²) in [5.74, 6) is 5.89.